The van der Waals surface area contributed by atoms with Gasteiger partial charge in [0.2, 0.25) is 17.8 Å². The SMILES string of the molecule is CCN(CC)c1nc(NCc2ccccc2)nc(NCc2cccc(C[NH+]=C(N)N)c2)n1. The van der Waals surface area contributed by atoms with E-state index >= 15 is 0 Å². The molecular formula is C23H32N9+. The summed E-state index contributed by atoms with van der Waals surface area (Å²) < 4.78 is 0. The third-order valence-electron chi connectivity index (χ3n) is 4.90. The Balaban J connectivity index is 1.75. The van der Waals surface area contributed by atoms with Gasteiger partial charge in [0.1, 0.15) is 0 Å². The molecule has 0 saturated carbocycles. The number of rotatable bonds is 11. The van der Waals surface area contributed by atoms with Crippen LogP contribution in [0.3, 0.4) is 0 Å². The summed E-state index contributed by atoms with van der Waals surface area (Å²) in [6.45, 7) is 7.59. The quantitative estimate of drug-likeness (QED) is 0.221. The molecule has 0 aliphatic carbocycles. The van der Waals surface area contributed by atoms with E-state index in [1.165, 1.54) is 0 Å². The molecule has 0 radical (unpaired) electrons. The first-order valence-electron chi connectivity index (χ1n) is 10.8. The Morgan fingerprint density at radius 1 is 0.812 bits per heavy atom. The summed E-state index contributed by atoms with van der Waals surface area (Å²) >= 11 is 0. The lowest BCUT2D eigenvalue weighted by Gasteiger charge is -2.20. The Morgan fingerprint density at radius 3 is 2.03 bits per heavy atom. The molecule has 0 unspecified atom stereocenters. The summed E-state index contributed by atoms with van der Waals surface area (Å²) in [5.74, 6) is 1.92. The van der Waals surface area contributed by atoms with Crippen LogP contribution in [-0.4, -0.2) is 34.0 Å². The van der Waals surface area contributed by atoms with E-state index in [-0.39, 0.29) is 5.96 Å². The molecule has 0 saturated heterocycles. The van der Waals surface area contributed by atoms with Gasteiger partial charge >= 0.3 is 5.96 Å². The van der Waals surface area contributed by atoms with Crippen LogP contribution in [0.2, 0.25) is 0 Å². The molecule has 0 bridgehead atoms. The van der Waals surface area contributed by atoms with E-state index in [1.807, 2.05) is 36.4 Å². The number of hydrogen-bond acceptors (Lipinski definition) is 6. The van der Waals surface area contributed by atoms with Crippen LogP contribution < -0.4 is 32.0 Å². The van der Waals surface area contributed by atoms with Crippen LogP contribution in [0.4, 0.5) is 17.8 Å². The molecule has 2 aromatic carbocycles. The Hall–Kier alpha value is -3.88. The Bertz CT molecular complexity index is 1010. The highest BCUT2D eigenvalue weighted by molar-refractivity contribution is 5.69. The van der Waals surface area contributed by atoms with Crippen molar-refractivity contribution >= 4 is 23.8 Å². The number of nitrogens with one attached hydrogen (secondary N) is 3. The second kappa shape index (κ2) is 11.5. The van der Waals surface area contributed by atoms with Crippen molar-refractivity contribution in [2.24, 2.45) is 11.5 Å². The monoisotopic (exact) mass is 434 g/mol. The minimum Gasteiger partial charge on any atom is -0.350 e. The van der Waals surface area contributed by atoms with Gasteiger partial charge in [-0.3, -0.25) is 16.5 Å². The van der Waals surface area contributed by atoms with Crippen molar-refractivity contribution < 1.29 is 4.99 Å². The number of aromatic nitrogens is 3. The fourth-order valence-corrected chi connectivity index (χ4v) is 3.18. The topological polar surface area (TPSA) is 132 Å². The van der Waals surface area contributed by atoms with Gasteiger partial charge in [-0.15, -0.1) is 0 Å². The van der Waals surface area contributed by atoms with Crippen LogP contribution in [0, 0.1) is 0 Å². The number of anilines is 3. The fraction of sp³-hybridized carbons (Fsp3) is 0.304. The second-order valence-electron chi connectivity index (χ2n) is 7.28. The summed E-state index contributed by atoms with van der Waals surface area (Å²) in [6, 6.07) is 18.3. The maximum Gasteiger partial charge on any atom is 0.339 e. The van der Waals surface area contributed by atoms with Crippen LogP contribution in [0.15, 0.2) is 54.6 Å². The van der Waals surface area contributed by atoms with Gasteiger partial charge in [0, 0.05) is 26.2 Å². The summed E-state index contributed by atoms with van der Waals surface area (Å²) in [5, 5.41) is 6.65. The van der Waals surface area contributed by atoms with Crippen molar-refractivity contribution in [3.05, 3.63) is 71.3 Å². The second-order valence-corrected chi connectivity index (χ2v) is 7.28. The van der Waals surface area contributed by atoms with Crippen molar-refractivity contribution in [1.82, 2.24) is 15.0 Å². The van der Waals surface area contributed by atoms with E-state index < -0.39 is 0 Å². The lowest BCUT2D eigenvalue weighted by Crippen LogP contribution is -2.76. The summed E-state index contributed by atoms with van der Waals surface area (Å²) in [4.78, 5) is 18.9. The highest BCUT2D eigenvalue weighted by Crippen LogP contribution is 2.15. The first kappa shape index (κ1) is 22.8. The molecule has 9 nitrogen and oxygen atoms in total. The minimum atomic E-state index is 0.207. The van der Waals surface area contributed by atoms with Gasteiger partial charge in [0.15, 0.2) is 0 Å². The van der Waals surface area contributed by atoms with Crippen LogP contribution in [-0.2, 0) is 19.6 Å². The number of guanidine groups is 1. The van der Waals surface area contributed by atoms with Crippen molar-refractivity contribution in [2.45, 2.75) is 33.5 Å². The van der Waals surface area contributed by atoms with Gasteiger partial charge in [-0.1, -0.05) is 54.6 Å². The first-order chi connectivity index (χ1) is 15.6. The van der Waals surface area contributed by atoms with E-state index in [9.17, 15) is 0 Å². The van der Waals surface area contributed by atoms with Crippen LogP contribution in [0.5, 0.6) is 0 Å². The van der Waals surface area contributed by atoms with Crippen LogP contribution >= 0.6 is 0 Å². The lowest BCUT2D eigenvalue weighted by molar-refractivity contribution is -0.477. The van der Waals surface area contributed by atoms with E-state index in [0.717, 1.165) is 29.8 Å². The van der Waals surface area contributed by atoms with E-state index in [0.29, 0.717) is 37.5 Å². The first-order valence-corrected chi connectivity index (χ1v) is 10.8. The molecule has 9 heteroatoms. The molecule has 1 heterocycles. The highest BCUT2D eigenvalue weighted by Gasteiger charge is 2.11. The van der Waals surface area contributed by atoms with Gasteiger partial charge in [-0.25, -0.2) is 0 Å². The Morgan fingerprint density at radius 2 is 1.41 bits per heavy atom. The molecule has 0 amide bonds. The molecule has 32 heavy (non-hydrogen) atoms. The molecule has 1 aromatic heterocycles. The zero-order valence-electron chi connectivity index (χ0n) is 18.7. The third-order valence-corrected chi connectivity index (χ3v) is 4.90. The molecule has 0 aliphatic rings. The maximum atomic E-state index is 5.49. The normalized spacial score (nSPS) is 10.4. The maximum absolute atomic E-state index is 5.49. The molecule has 0 atom stereocenters. The molecule has 0 aliphatic heterocycles. The molecule has 3 rings (SSSR count). The molecule has 168 valence electrons. The number of hydrogen-bond donors (Lipinski definition) is 5. The van der Waals surface area contributed by atoms with Gasteiger partial charge in [0.05, 0.1) is 6.54 Å². The summed E-state index contributed by atoms with van der Waals surface area (Å²) in [6.07, 6.45) is 0. The zero-order valence-corrected chi connectivity index (χ0v) is 18.7. The van der Waals surface area contributed by atoms with Gasteiger partial charge in [-0.2, -0.15) is 15.0 Å². The standard InChI is InChI=1S/C23H31N9/c1-3-32(4-2)23-30-21(27-14-17-9-6-5-7-10-17)29-22(31-23)28-16-19-12-8-11-18(13-19)15-26-20(24)25/h5-13H,3-4,14-16H2,1-2H3,(H4,24,25,26)(H2,27,28,29,30,31)/p+1. The van der Waals surface area contributed by atoms with Gasteiger partial charge in [0.25, 0.3) is 0 Å². The van der Waals surface area contributed by atoms with E-state index in [1.54, 1.807) is 0 Å². The average Bonchev–Trinajstić information content (AvgIpc) is 2.82. The number of nitrogens with zero attached hydrogens (tertiary/aromatic N) is 4. The predicted molar refractivity (Wildman–Crippen MR) is 129 cm³/mol. The van der Waals surface area contributed by atoms with Crippen molar-refractivity contribution in [3.8, 4) is 0 Å². The van der Waals surface area contributed by atoms with Gasteiger partial charge < -0.3 is 15.5 Å². The highest BCUT2D eigenvalue weighted by atomic mass is 15.3. The van der Waals surface area contributed by atoms with E-state index in [4.69, 9.17) is 11.5 Å². The predicted octanol–water partition coefficient (Wildman–Crippen LogP) is 0.796. The smallest absolute Gasteiger partial charge is 0.339 e. The Kier molecular flexibility index (Phi) is 8.19. The summed E-state index contributed by atoms with van der Waals surface area (Å²) in [5.41, 5.74) is 14.3. The van der Waals surface area contributed by atoms with E-state index in [2.05, 4.69) is 67.5 Å². The number of nitrogens with two attached hydrogens (primary N) is 2. The van der Waals surface area contributed by atoms with Crippen LogP contribution in [0.25, 0.3) is 0 Å². The summed E-state index contributed by atoms with van der Waals surface area (Å²) in [7, 11) is 0. The zero-order chi connectivity index (χ0) is 22.8. The molecular weight excluding hydrogens is 402 g/mol. The molecule has 0 fully saturated rings. The van der Waals surface area contributed by atoms with Crippen molar-refractivity contribution in [1.29, 1.82) is 0 Å². The molecule has 3 aromatic rings. The lowest BCUT2D eigenvalue weighted by atomic mass is 10.1. The fourth-order valence-electron chi connectivity index (χ4n) is 3.18. The molecule has 7 N–H and O–H groups in total. The average molecular weight is 435 g/mol. The van der Waals surface area contributed by atoms with Gasteiger partial charge in [-0.05, 0) is 30.5 Å². The largest absolute Gasteiger partial charge is 0.350 e. The van der Waals surface area contributed by atoms with Crippen molar-refractivity contribution in [3.63, 3.8) is 0 Å². The third kappa shape index (κ3) is 6.83. The van der Waals surface area contributed by atoms with Crippen molar-refractivity contribution in [2.75, 3.05) is 28.6 Å². The number of benzene rings is 2. The van der Waals surface area contributed by atoms with Crippen LogP contribution in [0.1, 0.15) is 30.5 Å². The molecule has 0 spiro atoms. The Labute approximate surface area is 189 Å². The minimum absolute atomic E-state index is 0.207.